The molecule has 1 saturated heterocycles. The fourth-order valence-electron chi connectivity index (χ4n) is 4.68. The van der Waals surface area contributed by atoms with Crippen LogP contribution in [0.4, 0.5) is 8.78 Å². The van der Waals surface area contributed by atoms with Gasteiger partial charge >= 0.3 is 0 Å². The Balaban J connectivity index is 1.42. The molecule has 4 rings (SSSR count). The van der Waals surface area contributed by atoms with Crippen molar-refractivity contribution in [1.29, 1.82) is 0 Å². The van der Waals surface area contributed by atoms with Crippen molar-refractivity contribution < 1.29 is 23.2 Å². The van der Waals surface area contributed by atoms with E-state index in [-0.39, 0.29) is 39.7 Å². The molecule has 2 aromatic rings. The SMILES string of the molecule is CC1CCC(C)N1C(=O)c1ccc([C@@H](C)NC(=O)C2(NC(=O)c3cc(F)cc(Cl)c3)CC2)c(F)c1. The molecule has 0 spiro atoms. The lowest BCUT2D eigenvalue weighted by atomic mass is 10.0. The number of carbonyl (C=O) groups excluding carboxylic acids is 3. The summed E-state index contributed by atoms with van der Waals surface area (Å²) in [5, 5.41) is 5.47. The van der Waals surface area contributed by atoms with Gasteiger partial charge in [-0.15, -0.1) is 0 Å². The van der Waals surface area contributed by atoms with Crippen LogP contribution in [0, 0.1) is 11.6 Å². The molecule has 1 saturated carbocycles. The lowest BCUT2D eigenvalue weighted by Crippen LogP contribution is -2.49. The molecule has 2 fully saturated rings. The number of carbonyl (C=O) groups is 3. The molecule has 35 heavy (non-hydrogen) atoms. The predicted molar refractivity (Wildman–Crippen MR) is 128 cm³/mol. The molecule has 1 aliphatic heterocycles. The Morgan fingerprint density at radius 3 is 2.26 bits per heavy atom. The van der Waals surface area contributed by atoms with Gasteiger partial charge in [0.25, 0.3) is 11.8 Å². The van der Waals surface area contributed by atoms with Crippen molar-refractivity contribution in [2.24, 2.45) is 0 Å². The van der Waals surface area contributed by atoms with E-state index in [9.17, 15) is 23.2 Å². The molecule has 2 aromatic carbocycles. The molecule has 3 atom stereocenters. The molecular weight excluding hydrogens is 476 g/mol. The zero-order valence-electron chi connectivity index (χ0n) is 19.8. The maximum atomic E-state index is 15.0. The van der Waals surface area contributed by atoms with Crippen molar-refractivity contribution >= 4 is 29.3 Å². The molecule has 186 valence electrons. The second kappa shape index (κ2) is 9.57. The minimum atomic E-state index is -1.14. The molecule has 9 heteroatoms. The van der Waals surface area contributed by atoms with Crippen molar-refractivity contribution in [2.75, 3.05) is 0 Å². The molecule has 0 bridgehead atoms. The van der Waals surface area contributed by atoms with E-state index in [2.05, 4.69) is 10.6 Å². The molecule has 1 heterocycles. The summed E-state index contributed by atoms with van der Waals surface area (Å²) in [5.41, 5.74) is -0.630. The molecule has 1 aliphatic carbocycles. The molecule has 2 unspecified atom stereocenters. The Morgan fingerprint density at radius 2 is 1.69 bits per heavy atom. The van der Waals surface area contributed by atoms with Crippen molar-refractivity contribution in [3.63, 3.8) is 0 Å². The van der Waals surface area contributed by atoms with Gasteiger partial charge in [-0.2, -0.15) is 0 Å². The van der Waals surface area contributed by atoms with E-state index in [1.54, 1.807) is 17.9 Å². The molecule has 0 aromatic heterocycles. The Morgan fingerprint density at radius 1 is 1.03 bits per heavy atom. The lowest BCUT2D eigenvalue weighted by molar-refractivity contribution is -0.124. The highest BCUT2D eigenvalue weighted by Gasteiger charge is 2.51. The van der Waals surface area contributed by atoms with Crippen LogP contribution in [0.15, 0.2) is 36.4 Å². The lowest BCUT2D eigenvalue weighted by Gasteiger charge is -2.27. The number of nitrogens with zero attached hydrogens (tertiary/aromatic N) is 1. The minimum absolute atomic E-state index is 0.00932. The van der Waals surface area contributed by atoms with Gasteiger partial charge in [-0.1, -0.05) is 17.7 Å². The van der Waals surface area contributed by atoms with Crippen molar-refractivity contribution in [3.05, 3.63) is 69.7 Å². The number of benzene rings is 2. The fraction of sp³-hybridized carbons (Fsp3) is 0.423. The van der Waals surface area contributed by atoms with E-state index in [1.807, 2.05) is 13.8 Å². The van der Waals surface area contributed by atoms with E-state index in [4.69, 9.17) is 11.6 Å². The molecule has 2 aliphatic rings. The van der Waals surface area contributed by atoms with E-state index in [1.165, 1.54) is 18.2 Å². The van der Waals surface area contributed by atoms with Crippen molar-refractivity contribution in [3.8, 4) is 0 Å². The fourth-order valence-corrected chi connectivity index (χ4v) is 4.90. The Hall–Kier alpha value is -3.00. The number of amides is 3. The van der Waals surface area contributed by atoms with E-state index in [0.717, 1.165) is 25.0 Å². The Kier molecular flexibility index (Phi) is 6.86. The normalized spacial score (nSPS) is 21.4. The molecule has 6 nitrogen and oxygen atoms in total. The highest BCUT2D eigenvalue weighted by Crippen LogP contribution is 2.37. The van der Waals surface area contributed by atoms with Crippen molar-refractivity contribution in [2.45, 2.75) is 70.1 Å². The molecule has 2 N–H and O–H groups in total. The van der Waals surface area contributed by atoms with Gasteiger partial charge in [0.2, 0.25) is 5.91 Å². The van der Waals surface area contributed by atoms with Gasteiger partial charge < -0.3 is 15.5 Å². The molecule has 0 radical (unpaired) electrons. The number of hydrogen-bond acceptors (Lipinski definition) is 3. The van der Waals surface area contributed by atoms with E-state index < -0.39 is 35.0 Å². The first kappa shape index (κ1) is 25.1. The second-order valence-electron chi connectivity index (χ2n) is 9.61. The van der Waals surface area contributed by atoms with Crippen LogP contribution in [0.2, 0.25) is 5.02 Å². The van der Waals surface area contributed by atoms with Gasteiger partial charge in [0.1, 0.15) is 17.2 Å². The van der Waals surface area contributed by atoms with Gasteiger partial charge in [0.05, 0.1) is 6.04 Å². The maximum absolute atomic E-state index is 15.0. The number of halogens is 3. The zero-order chi connectivity index (χ0) is 25.5. The third kappa shape index (κ3) is 5.17. The highest BCUT2D eigenvalue weighted by atomic mass is 35.5. The molecular formula is C26H28ClF2N3O3. The van der Waals surface area contributed by atoms with Gasteiger partial charge in [0, 0.05) is 33.8 Å². The first-order chi connectivity index (χ1) is 16.5. The zero-order valence-corrected chi connectivity index (χ0v) is 20.6. The van der Waals surface area contributed by atoms with Crippen LogP contribution in [-0.2, 0) is 4.79 Å². The number of hydrogen-bond donors (Lipinski definition) is 2. The average Bonchev–Trinajstić information content (AvgIpc) is 3.49. The van der Waals surface area contributed by atoms with Crippen LogP contribution in [0.3, 0.4) is 0 Å². The average molecular weight is 504 g/mol. The Bertz CT molecular complexity index is 1150. The van der Waals surface area contributed by atoms with Crippen LogP contribution in [-0.4, -0.2) is 40.2 Å². The summed E-state index contributed by atoms with van der Waals surface area (Å²) in [6.07, 6.45) is 2.65. The second-order valence-corrected chi connectivity index (χ2v) is 10.1. The summed E-state index contributed by atoms with van der Waals surface area (Å²) in [6.45, 7) is 5.60. The van der Waals surface area contributed by atoms with Crippen LogP contribution < -0.4 is 10.6 Å². The van der Waals surface area contributed by atoms with Crippen molar-refractivity contribution in [1.82, 2.24) is 15.5 Å². The summed E-state index contributed by atoms with van der Waals surface area (Å²) in [6, 6.07) is 7.24. The van der Waals surface area contributed by atoms with Crippen LogP contribution in [0.1, 0.15) is 78.8 Å². The van der Waals surface area contributed by atoms with Crippen LogP contribution in [0.5, 0.6) is 0 Å². The minimum Gasteiger partial charge on any atom is -0.347 e. The third-order valence-corrected chi connectivity index (χ3v) is 7.13. The first-order valence-corrected chi connectivity index (χ1v) is 12.1. The number of nitrogens with one attached hydrogen (secondary N) is 2. The summed E-state index contributed by atoms with van der Waals surface area (Å²) in [7, 11) is 0. The summed E-state index contributed by atoms with van der Waals surface area (Å²) >= 11 is 5.82. The quantitative estimate of drug-likeness (QED) is 0.596. The highest BCUT2D eigenvalue weighted by molar-refractivity contribution is 6.31. The number of rotatable bonds is 6. The summed E-state index contributed by atoms with van der Waals surface area (Å²) < 4.78 is 28.6. The molecule has 3 amide bonds. The summed E-state index contributed by atoms with van der Waals surface area (Å²) in [5.74, 6) is -2.53. The summed E-state index contributed by atoms with van der Waals surface area (Å²) in [4.78, 5) is 40.2. The topological polar surface area (TPSA) is 78.5 Å². The largest absolute Gasteiger partial charge is 0.347 e. The van der Waals surface area contributed by atoms with Crippen LogP contribution >= 0.6 is 11.6 Å². The monoisotopic (exact) mass is 503 g/mol. The van der Waals surface area contributed by atoms with Crippen LogP contribution in [0.25, 0.3) is 0 Å². The van der Waals surface area contributed by atoms with Gasteiger partial charge in [-0.3, -0.25) is 14.4 Å². The van der Waals surface area contributed by atoms with E-state index in [0.29, 0.717) is 12.8 Å². The Labute approximate surface area is 208 Å². The van der Waals surface area contributed by atoms with Gasteiger partial charge in [0.15, 0.2) is 0 Å². The predicted octanol–water partition coefficient (Wildman–Crippen LogP) is 4.77. The maximum Gasteiger partial charge on any atom is 0.254 e. The standard InChI is InChI=1S/C26H28ClF2N3O3/c1-14-4-5-15(2)32(14)24(34)17-6-7-21(22(29)12-17)16(3)30-25(35)26(8-9-26)31-23(33)18-10-19(27)13-20(28)11-18/h6-7,10-16H,4-5,8-9H2,1-3H3,(H,30,35)(H,31,33)/t14?,15?,16-/m1/s1. The van der Waals surface area contributed by atoms with E-state index >= 15 is 0 Å². The van der Waals surface area contributed by atoms with Gasteiger partial charge in [-0.05, 0) is 76.8 Å². The first-order valence-electron chi connectivity index (χ1n) is 11.7. The smallest absolute Gasteiger partial charge is 0.254 e. The number of likely N-dealkylation sites (tertiary alicyclic amines) is 1. The van der Waals surface area contributed by atoms with Gasteiger partial charge in [-0.25, -0.2) is 8.78 Å². The third-order valence-electron chi connectivity index (χ3n) is 6.91.